The fourth-order valence-electron chi connectivity index (χ4n) is 2.34. The first-order valence-corrected chi connectivity index (χ1v) is 6.49. The molecular weight excluding hydrogens is 226 g/mol. The Morgan fingerprint density at radius 3 is 2.67 bits per heavy atom. The van der Waals surface area contributed by atoms with E-state index in [4.69, 9.17) is 4.42 Å². The van der Waals surface area contributed by atoms with Gasteiger partial charge in [-0.15, -0.1) is 0 Å². The molecule has 0 aliphatic rings. The Balaban J connectivity index is 2.47. The molecule has 0 fully saturated rings. The van der Waals surface area contributed by atoms with Crippen LogP contribution in [0.1, 0.15) is 31.0 Å². The van der Waals surface area contributed by atoms with E-state index in [2.05, 4.69) is 24.3 Å². The lowest BCUT2D eigenvalue weighted by molar-refractivity contribution is 0.506. The third-order valence-electron chi connectivity index (χ3n) is 3.17. The number of aryl methyl sites for hydroxylation is 2. The molecule has 0 aromatic carbocycles. The van der Waals surface area contributed by atoms with Gasteiger partial charge in [-0.25, -0.2) is 0 Å². The van der Waals surface area contributed by atoms with Gasteiger partial charge in [-0.3, -0.25) is 4.68 Å². The van der Waals surface area contributed by atoms with E-state index < -0.39 is 0 Å². The minimum absolute atomic E-state index is 0.753. The summed E-state index contributed by atoms with van der Waals surface area (Å²) in [5, 5.41) is 7.67. The summed E-state index contributed by atoms with van der Waals surface area (Å²) in [7, 11) is 3.92. The highest BCUT2D eigenvalue weighted by Crippen LogP contribution is 2.29. The Labute approximate surface area is 108 Å². The Bertz CT molecular complexity index is 525. The Kier molecular flexibility index (Phi) is 3.87. The van der Waals surface area contributed by atoms with Gasteiger partial charge in [0.1, 0.15) is 11.5 Å². The van der Waals surface area contributed by atoms with Crippen LogP contribution in [0, 0.1) is 0 Å². The third kappa shape index (κ3) is 2.20. The van der Waals surface area contributed by atoms with E-state index >= 15 is 0 Å². The van der Waals surface area contributed by atoms with Crippen LogP contribution in [0.15, 0.2) is 16.5 Å². The van der Waals surface area contributed by atoms with Crippen molar-refractivity contribution >= 4 is 0 Å². The standard InChI is InChI=1S/C14H21N3O/c1-5-11-14(12(6-2)17(4)16-11)13-8-7-10(18-13)9-15-3/h7-8,15H,5-6,9H2,1-4H3. The van der Waals surface area contributed by atoms with Gasteiger partial charge in [0.25, 0.3) is 0 Å². The summed E-state index contributed by atoms with van der Waals surface area (Å²) in [6.45, 7) is 5.03. The monoisotopic (exact) mass is 247 g/mol. The lowest BCUT2D eigenvalue weighted by Gasteiger charge is -2.02. The predicted octanol–water partition coefficient (Wildman–Crippen LogP) is 2.52. The van der Waals surface area contributed by atoms with Gasteiger partial charge < -0.3 is 9.73 Å². The molecule has 1 N–H and O–H groups in total. The van der Waals surface area contributed by atoms with Crippen molar-refractivity contribution in [2.24, 2.45) is 7.05 Å². The van der Waals surface area contributed by atoms with Crippen LogP contribution in [0.2, 0.25) is 0 Å². The lowest BCUT2D eigenvalue weighted by Crippen LogP contribution is -2.03. The maximum atomic E-state index is 5.89. The van der Waals surface area contributed by atoms with Gasteiger partial charge >= 0.3 is 0 Å². The number of furan rings is 1. The summed E-state index contributed by atoms with van der Waals surface area (Å²) in [5.74, 6) is 1.89. The molecule has 4 heteroatoms. The molecule has 0 spiro atoms. The van der Waals surface area contributed by atoms with E-state index in [0.717, 1.165) is 36.6 Å². The molecule has 0 amide bonds. The Hall–Kier alpha value is -1.55. The normalized spacial score (nSPS) is 11.1. The number of aromatic nitrogens is 2. The molecular formula is C14H21N3O. The number of rotatable bonds is 5. The molecule has 0 aliphatic heterocycles. The molecule has 2 rings (SSSR count). The fraction of sp³-hybridized carbons (Fsp3) is 0.500. The highest BCUT2D eigenvalue weighted by molar-refractivity contribution is 5.64. The highest BCUT2D eigenvalue weighted by Gasteiger charge is 2.18. The van der Waals surface area contributed by atoms with Crippen LogP contribution in [0.3, 0.4) is 0 Å². The van der Waals surface area contributed by atoms with Crippen molar-refractivity contribution < 1.29 is 4.42 Å². The van der Waals surface area contributed by atoms with Crippen molar-refractivity contribution in [3.8, 4) is 11.3 Å². The molecule has 0 saturated heterocycles. The SMILES string of the molecule is CCc1nn(C)c(CC)c1-c1ccc(CNC)o1. The quantitative estimate of drug-likeness (QED) is 0.883. The molecule has 2 aromatic heterocycles. The highest BCUT2D eigenvalue weighted by atomic mass is 16.3. The summed E-state index contributed by atoms with van der Waals surface area (Å²) in [5.41, 5.74) is 3.52. The number of nitrogens with one attached hydrogen (secondary N) is 1. The van der Waals surface area contributed by atoms with Crippen LogP contribution in [0.4, 0.5) is 0 Å². The maximum absolute atomic E-state index is 5.89. The zero-order chi connectivity index (χ0) is 13.1. The molecule has 18 heavy (non-hydrogen) atoms. The smallest absolute Gasteiger partial charge is 0.138 e. The minimum Gasteiger partial charge on any atom is -0.460 e. The van der Waals surface area contributed by atoms with Crippen molar-refractivity contribution in [2.45, 2.75) is 33.2 Å². The van der Waals surface area contributed by atoms with Gasteiger partial charge in [0.2, 0.25) is 0 Å². The second-order valence-corrected chi connectivity index (χ2v) is 4.40. The van der Waals surface area contributed by atoms with Crippen molar-refractivity contribution in [1.82, 2.24) is 15.1 Å². The number of nitrogens with zero attached hydrogens (tertiary/aromatic N) is 2. The maximum Gasteiger partial charge on any atom is 0.138 e. The van der Waals surface area contributed by atoms with Crippen molar-refractivity contribution in [1.29, 1.82) is 0 Å². The van der Waals surface area contributed by atoms with E-state index in [1.54, 1.807) is 0 Å². The van der Waals surface area contributed by atoms with E-state index in [-0.39, 0.29) is 0 Å². The first-order valence-electron chi connectivity index (χ1n) is 6.49. The van der Waals surface area contributed by atoms with Crippen LogP contribution in [0.5, 0.6) is 0 Å². The van der Waals surface area contributed by atoms with E-state index in [1.807, 2.05) is 30.9 Å². The average molecular weight is 247 g/mol. The van der Waals surface area contributed by atoms with Crippen LogP contribution in [0.25, 0.3) is 11.3 Å². The first kappa shape index (κ1) is 12.9. The Morgan fingerprint density at radius 1 is 1.28 bits per heavy atom. The molecule has 98 valence electrons. The Morgan fingerprint density at radius 2 is 2.06 bits per heavy atom. The zero-order valence-electron chi connectivity index (χ0n) is 11.6. The number of hydrogen-bond donors (Lipinski definition) is 1. The van der Waals surface area contributed by atoms with Crippen LogP contribution < -0.4 is 5.32 Å². The molecule has 0 saturated carbocycles. The second-order valence-electron chi connectivity index (χ2n) is 4.40. The van der Waals surface area contributed by atoms with Crippen LogP contribution >= 0.6 is 0 Å². The van der Waals surface area contributed by atoms with Gasteiger partial charge in [-0.2, -0.15) is 5.10 Å². The molecule has 2 heterocycles. The number of hydrogen-bond acceptors (Lipinski definition) is 3. The molecule has 0 atom stereocenters. The van der Waals surface area contributed by atoms with E-state index in [9.17, 15) is 0 Å². The van der Waals surface area contributed by atoms with Crippen LogP contribution in [-0.4, -0.2) is 16.8 Å². The second kappa shape index (κ2) is 5.40. The summed E-state index contributed by atoms with van der Waals surface area (Å²) >= 11 is 0. The topological polar surface area (TPSA) is 43.0 Å². The molecule has 0 radical (unpaired) electrons. The van der Waals surface area contributed by atoms with Gasteiger partial charge in [0.15, 0.2) is 0 Å². The summed E-state index contributed by atoms with van der Waals surface area (Å²) in [6, 6.07) is 4.07. The van der Waals surface area contributed by atoms with Gasteiger partial charge in [-0.05, 0) is 32.0 Å². The van der Waals surface area contributed by atoms with Crippen LogP contribution in [-0.2, 0) is 26.4 Å². The molecule has 4 nitrogen and oxygen atoms in total. The lowest BCUT2D eigenvalue weighted by atomic mass is 10.1. The largest absolute Gasteiger partial charge is 0.460 e. The van der Waals surface area contributed by atoms with Gasteiger partial charge in [0.05, 0.1) is 17.8 Å². The van der Waals surface area contributed by atoms with Crippen molar-refractivity contribution in [3.05, 3.63) is 29.3 Å². The first-order chi connectivity index (χ1) is 8.71. The third-order valence-corrected chi connectivity index (χ3v) is 3.17. The molecule has 0 unspecified atom stereocenters. The van der Waals surface area contributed by atoms with E-state index in [1.165, 1.54) is 11.3 Å². The summed E-state index contributed by atoms with van der Waals surface area (Å²) < 4.78 is 7.86. The van der Waals surface area contributed by atoms with E-state index in [0.29, 0.717) is 0 Å². The van der Waals surface area contributed by atoms with Crippen molar-refractivity contribution in [3.63, 3.8) is 0 Å². The molecule has 2 aromatic rings. The van der Waals surface area contributed by atoms with Crippen molar-refractivity contribution in [2.75, 3.05) is 7.05 Å². The predicted molar refractivity (Wildman–Crippen MR) is 72.4 cm³/mol. The summed E-state index contributed by atoms with van der Waals surface area (Å²) in [6.07, 6.45) is 1.88. The average Bonchev–Trinajstić information content (AvgIpc) is 2.93. The zero-order valence-corrected chi connectivity index (χ0v) is 11.6. The molecule has 0 bridgehead atoms. The van der Waals surface area contributed by atoms with Gasteiger partial charge in [-0.1, -0.05) is 13.8 Å². The van der Waals surface area contributed by atoms with Gasteiger partial charge in [0, 0.05) is 12.7 Å². The fourth-order valence-corrected chi connectivity index (χ4v) is 2.34. The minimum atomic E-state index is 0.753. The summed E-state index contributed by atoms with van der Waals surface area (Å²) in [4.78, 5) is 0. The molecule has 0 aliphatic carbocycles.